The SMILES string of the molecule is CN(C(=O)OC(C)(C)C)[C@H]1CCN(C(=O)C2CCCC2)C1. The van der Waals surface area contributed by atoms with Crippen LogP contribution in [-0.2, 0) is 9.53 Å². The lowest BCUT2D eigenvalue weighted by molar-refractivity contribution is -0.134. The van der Waals surface area contributed by atoms with Gasteiger partial charge in [0, 0.05) is 26.1 Å². The van der Waals surface area contributed by atoms with Crippen molar-refractivity contribution in [3.05, 3.63) is 0 Å². The first kappa shape index (κ1) is 16.1. The van der Waals surface area contributed by atoms with E-state index in [0.717, 1.165) is 25.8 Å². The van der Waals surface area contributed by atoms with Gasteiger partial charge in [-0.25, -0.2) is 4.79 Å². The second-order valence-corrected chi connectivity index (χ2v) is 7.30. The van der Waals surface area contributed by atoms with E-state index in [0.29, 0.717) is 6.54 Å². The summed E-state index contributed by atoms with van der Waals surface area (Å²) in [6, 6.07) is 0.0743. The first-order chi connectivity index (χ1) is 9.78. The summed E-state index contributed by atoms with van der Waals surface area (Å²) in [5, 5.41) is 0. The Hall–Kier alpha value is -1.26. The van der Waals surface area contributed by atoms with E-state index in [9.17, 15) is 9.59 Å². The summed E-state index contributed by atoms with van der Waals surface area (Å²) in [7, 11) is 1.77. The van der Waals surface area contributed by atoms with Crippen molar-refractivity contribution < 1.29 is 14.3 Å². The number of nitrogens with zero attached hydrogens (tertiary/aromatic N) is 2. The van der Waals surface area contributed by atoms with E-state index < -0.39 is 5.60 Å². The molecule has 0 aromatic heterocycles. The standard InChI is InChI=1S/C16H28N2O3/c1-16(2,3)21-15(20)17(4)13-9-10-18(11-13)14(19)12-7-5-6-8-12/h12-13H,5-11H2,1-4H3/t13-/m0/s1. The van der Waals surface area contributed by atoms with E-state index in [4.69, 9.17) is 4.74 Å². The van der Waals surface area contributed by atoms with Crippen LogP contribution in [0.3, 0.4) is 0 Å². The number of likely N-dealkylation sites (N-methyl/N-ethyl adjacent to an activating group) is 1. The minimum Gasteiger partial charge on any atom is -0.444 e. The summed E-state index contributed by atoms with van der Waals surface area (Å²) in [4.78, 5) is 28.1. The number of amides is 2. The highest BCUT2D eigenvalue weighted by Crippen LogP contribution is 2.28. The zero-order valence-electron chi connectivity index (χ0n) is 13.7. The maximum absolute atomic E-state index is 12.4. The van der Waals surface area contributed by atoms with Gasteiger partial charge < -0.3 is 14.5 Å². The fourth-order valence-corrected chi connectivity index (χ4v) is 3.17. The number of hydrogen-bond donors (Lipinski definition) is 0. The molecule has 0 aromatic rings. The van der Waals surface area contributed by atoms with Gasteiger partial charge in [-0.3, -0.25) is 4.79 Å². The third kappa shape index (κ3) is 4.11. The van der Waals surface area contributed by atoms with Crippen LogP contribution in [0.2, 0.25) is 0 Å². The molecule has 2 rings (SSSR count). The van der Waals surface area contributed by atoms with Gasteiger partial charge in [-0.15, -0.1) is 0 Å². The highest BCUT2D eigenvalue weighted by Gasteiger charge is 2.35. The molecular weight excluding hydrogens is 268 g/mol. The second kappa shape index (κ2) is 6.24. The van der Waals surface area contributed by atoms with Crippen molar-refractivity contribution in [2.24, 2.45) is 5.92 Å². The smallest absolute Gasteiger partial charge is 0.410 e. The van der Waals surface area contributed by atoms with Crippen molar-refractivity contribution in [3.8, 4) is 0 Å². The first-order valence-electron chi connectivity index (χ1n) is 8.02. The molecule has 1 heterocycles. The van der Waals surface area contributed by atoms with Gasteiger partial charge in [-0.2, -0.15) is 0 Å². The lowest BCUT2D eigenvalue weighted by Gasteiger charge is -2.28. The van der Waals surface area contributed by atoms with Gasteiger partial charge in [-0.05, 0) is 40.0 Å². The molecule has 1 aliphatic carbocycles. The number of ether oxygens (including phenoxy) is 1. The van der Waals surface area contributed by atoms with Gasteiger partial charge in [0.05, 0.1) is 6.04 Å². The van der Waals surface area contributed by atoms with Gasteiger partial charge >= 0.3 is 6.09 Å². The van der Waals surface area contributed by atoms with E-state index in [-0.39, 0.29) is 24.0 Å². The van der Waals surface area contributed by atoms with Crippen molar-refractivity contribution in [1.82, 2.24) is 9.80 Å². The predicted molar refractivity (Wildman–Crippen MR) is 80.9 cm³/mol. The summed E-state index contributed by atoms with van der Waals surface area (Å²) in [5.41, 5.74) is -0.483. The Morgan fingerprint density at radius 3 is 2.33 bits per heavy atom. The zero-order valence-corrected chi connectivity index (χ0v) is 13.7. The molecule has 21 heavy (non-hydrogen) atoms. The molecule has 0 radical (unpaired) electrons. The molecule has 0 N–H and O–H groups in total. The number of rotatable bonds is 2. The maximum Gasteiger partial charge on any atom is 0.410 e. The van der Waals surface area contributed by atoms with Gasteiger partial charge in [0.2, 0.25) is 5.91 Å². The summed E-state index contributed by atoms with van der Waals surface area (Å²) < 4.78 is 5.39. The average Bonchev–Trinajstić information content (AvgIpc) is 3.06. The number of carbonyl (C=O) groups excluding carboxylic acids is 2. The third-order valence-corrected chi connectivity index (χ3v) is 4.41. The number of hydrogen-bond acceptors (Lipinski definition) is 3. The van der Waals surface area contributed by atoms with Crippen LogP contribution in [0.15, 0.2) is 0 Å². The van der Waals surface area contributed by atoms with Crippen molar-refractivity contribution >= 4 is 12.0 Å². The Kier molecular flexibility index (Phi) is 4.79. The van der Waals surface area contributed by atoms with Gasteiger partial charge in [0.15, 0.2) is 0 Å². The van der Waals surface area contributed by atoms with E-state index in [1.807, 2.05) is 25.7 Å². The molecule has 2 fully saturated rings. The molecule has 2 amide bonds. The summed E-state index contributed by atoms with van der Waals surface area (Å²) in [6.07, 6.45) is 4.94. The molecule has 5 nitrogen and oxygen atoms in total. The minimum absolute atomic E-state index is 0.0743. The van der Waals surface area contributed by atoms with Gasteiger partial charge in [0.25, 0.3) is 0 Å². The summed E-state index contributed by atoms with van der Waals surface area (Å²) >= 11 is 0. The fraction of sp³-hybridized carbons (Fsp3) is 0.875. The van der Waals surface area contributed by atoms with Gasteiger partial charge in [0.1, 0.15) is 5.60 Å². The summed E-state index contributed by atoms with van der Waals surface area (Å²) in [6.45, 7) is 6.99. The molecule has 1 aliphatic heterocycles. The van der Waals surface area contributed by atoms with Crippen LogP contribution in [0.4, 0.5) is 4.79 Å². The zero-order chi connectivity index (χ0) is 15.6. The lowest BCUT2D eigenvalue weighted by atomic mass is 10.1. The van der Waals surface area contributed by atoms with Crippen LogP contribution >= 0.6 is 0 Å². The topological polar surface area (TPSA) is 49.9 Å². The fourth-order valence-electron chi connectivity index (χ4n) is 3.17. The van der Waals surface area contributed by atoms with Crippen LogP contribution in [-0.4, -0.2) is 53.6 Å². The Labute approximate surface area is 127 Å². The van der Waals surface area contributed by atoms with E-state index in [1.165, 1.54) is 12.8 Å². The molecular formula is C16H28N2O3. The quantitative estimate of drug-likeness (QED) is 0.787. The Balaban J connectivity index is 1.86. The highest BCUT2D eigenvalue weighted by atomic mass is 16.6. The molecule has 120 valence electrons. The molecule has 2 aliphatic rings. The monoisotopic (exact) mass is 296 g/mol. The van der Waals surface area contributed by atoms with Crippen LogP contribution < -0.4 is 0 Å². The normalized spacial score (nSPS) is 23.4. The molecule has 1 atom stereocenters. The maximum atomic E-state index is 12.4. The molecule has 0 bridgehead atoms. The van der Waals surface area contributed by atoms with Crippen LogP contribution in [0.1, 0.15) is 52.9 Å². The molecule has 1 saturated heterocycles. The third-order valence-electron chi connectivity index (χ3n) is 4.41. The highest BCUT2D eigenvalue weighted by molar-refractivity contribution is 5.79. The number of likely N-dealkylation sites (tertiary alicyclic amines) is 1. The van der Waals surface area contributed by atoms with E-state index in [2.05, 4.69) is 0 Å². The Morgan fingerprint density at radius 2 is 1.76 bits per heavy atom. The van der Waals surface area contributed by atoms with Crippen molar-refractivity contribution in [2.75, 3.05) is 20.1 Å². The van der Waals surface area contributed by atoms with Crippen LogP contribution in [0, 0.1) is 5.92 Å². The Bertz CT molecular complexity index is 397. The first-order valence-corrected chi connectivity index (χ1v) is 8.02. The molecule has 0 aromatic carbocycles. The average molecular weight is 296 g/mol. The summed E-state index contributed by atoms with van der Waals surface area (Å²) in [5.74, 6) is 0.503. The molecule has 1 saturated carbocycles. The van der Waals surface area contributed by atoms with Crippen LogP contribution in [0.25, 0.3) is 0 Å². The largest absolute Gasteiger partial charge is 0.444 e. The van der Waals surface area contributed by atoms with E-state index in [1.54, 1.807) is 11.9 Å². The molecule has 5 heteroatoms. The van der Waals surface area contributed by atoms with Crippen molar-refractivity contribution in [1.29, 1.82) is 0 Å². The van der Waals surface area contributed by atoms with Crippen molar-refractivity contribution in [3.63, 3.8) is 0 Å². The van der Waals surface area contributed by atoms with Crippen LogP contribution in [0.5, 0.6) is 0 Å². The molecule has 0 spiro atoms. The molecule has 0 unspecified atom stereocenters. The van der Waals surface area contributed by atoms with Crippen molar-refractivity contribution in [2.45, 2.75) is 64.5 Å². The number of carbonyl (C=O) groups is 2. The lowest BCUT2D eigenvalue weighted by Crippen LogP contribution is -2.43. The second-order valence-electron chi connectivity index (χ2n) is 7.30. The van der Waals surface area contributed by atoms with E-state index >= 15 is 0 Å². The minimum atomic E-state index is -0.483. The predicted octanol–water partition coefficient (Wildman–Crippen LogP) is 2.64. The Morgan fingerprint density at radius 1 is 1.14 bits per heavy atom. The van der Waals surface area contributed by atoms with Gasteiger partial charge in [-0.1, -0.05) is 12.8 Å².